The molecule has 15 heavy (non-hydrogen) atoms. The van der Waals surface area contributed by atoms with Crippen LogP contribution in [0.5, 0.6) is 0 Å². The molecule has 0 unspecified atom stereocenters. The summed E-state index contributed by atoms with van der Waals surface area (Å²) in [5.41, 5.74) is 1.30. The molecular formula is C13H15NS. The van der Waals surface area contributed by atoms with E-state index < -0.39 is 0 Å². The molecule has 1 saturated carbocycles. The number of hydrogen-bond acceptors (Lipinski definition) is 2. The Bertz CT molecular complexity index is 377. The van der Waals surface area contributed by atoms with Crippen molar-refractivity contribution in [1.82, 2.24) is 0 Å². The van der Waals surface area contributed by atoms with Crippen LogP contribution in [0.25, 0.3) is 0 Å². The zero-order valence-electron chi connectivity index (χ0n) is 8.78. The minimum atomic E-state index is 0.477. The second-order valence-electron chi connectivity index (χ2n) is 4.48. The molecule has 1 nitrogen and oxygen atoms in total. The molecule has 78 valence electrons. The van der Waals surface area contributed by atoms with E-state index in [1.807, 2.05) is 11.8 Å². The monoisotopic (exact) mass is 217 g/mol. The fraction of sp³-hybridized carbons (Fsp3) is 0.462. The molecule has 1 fully saturated rings. The zero-order chi connectivity index (χ0) is 10.1. The maximum Gasteiger partial charge on any atom is 0.0983 e. The fourth-order valence-corrected chi connectivity index (χ4v) is 3.91. The van der Waals surface area contributed by atoms with Crippen molar-refractivity contribution in [3.63, 3.8) is 0 Å². The van der Waals surface area contributed by atoms with E-state index in [1.54, 1.807) is 0 Å². The molecule has 1 aromatic carbocycles. The summed E-state index contributed by atoms with van der Waals surface area (Å²) in [6.07, 6.45) is 5.50. The Balaban J connectivity index is 1.81. The summed E-state index contributed by atoms with van der Waals surface area (Å²) in [6, 6.07) is 10.6. The molecule has 1 aliphatic heterocycles. The van der Waals surface area contributed by atoms with Crippen molar-refractivity contribution in [3.8, 4) is 0 Å². The summed E-state index contributed by atoms with van der Waals surface area (Å²) in [7, 11) is 0. The second kappa shape index (κ2) is 3.67. The average Bonchev–Trinajstić information content (AvgIpc) is 2.91. The average molecular weight is 217 g/mol. The Hall–Kier alpha value is -0.760. The Kier molecular flexibility index (Phi) is 2.32. The highest BCUT2D eigenvalue weighted by atomic mass is 32.2. The molecule has 0 radical (unpaired) electrons. The molecule has 1 heterocycles. The van der Waals surface area contributed by atoms with E-state index in [0.29, 0.717) is 4.75 Å². The van der Waals surface area contributed by atoms with Gasteiger partial charge in [0.15, 0.2) is 0 Å². The first kappa shape index (κ1) is 9.46. The highest BCUT2D eigenvalue weighted by Gasteiger charge is 2.39. The van der Waals surface area contributed by atoms with Crippen LogP contribution in [0.1, 0.15) is 31.2 Å². The maximum absolute atomic E-state index is 4.72. The Morgan fingerprint density at radius 3 is 2.53 bits per heavy atom. The molecule has 1 aliphatic carbocycles. The largest absolute Gasteiger partial charge is 0.276 e. The van der Waals surface area contributed by atoms with Gasteiger partial charge in [-0.2, -0.15) is 0 Å². The van der Waals surface area contributed by atoms with Crippen LogP contribution in [0.4, 0.5) is 0 Å². The van der Waals surface area contributed by atoms with E-state index >= 15 is 0 Å². The standard InChI is InChI=1S/C13H15NS/c1-2-6-11(7-3-1)12-14-10-13(15-12)8-4-5-9-13/h1-3,6-7H,4-5,8-10H2. The second-order valence-corrected chi connectivity index (χ2v) is 5.94. The van der Waals surface area contributed by atoms with Crippen LogP contribution in [0.2, 0.25) is 0 Å². The van der Waals surface area contributed by atoms with Gasteiger partial charge in [0.2, 0.25) is 0 Å². The van der Waals surface area contributed by atoms with Crippen molar-refractivity contribution < 1.29 is 0 Å². The van der Waals surface area contributed by atoms with Gasteiger partial charge in [-0.1, -0.05) is 54.9 Å². The van der Waals surface area contributed by atoms with E-state index in [-0.39, 0.29) is 0 Å². The van der Waals surface area contributed by atoms with Crippen LogP contribution in [0.15, 0.2) is 35.3 Å². The van der Waals surface area contributed by atoms with Gasteiger partial charge in [0.1, 0.15) is 0 Å². The first-order valence-electron chi connectivity index (χ1n) is 5.67. The maximum atomic E-state index is 4.72. The van der Waals surface area contributed by atoms with Gasteiger partial charge in [0.25, 0.3) is 0 Å². The normalized spacial score (nSPS) is 23.3. The summed E-state index contributed by atoms with van der Waals surface area (Å²) in [5.74, 6) is 0. The third-order valence-electron chi connectivity index (χ3n) is 3.36. The number of aliphatic imine (C=N–C) groups is 1. The lowest BCUT2D eigenvalue weighted by Crippen LogP contribution is -2.20. The first-order valence-corrected chi connectivity index (χ1v) is 6.49. The predicted octanol–water partition coefficient (Wildman–Crippen LogP) is 3.49. The molecule has 2 aliphatic rings. The quantitative estimate of drug-likeness (QED) is 0.701. The van der Waals surface area contributed by atoms with E-state index in [2.05, 4.69) is 30.3 Å². The van der Waals surface area contributed by atoms with Gasteiger partial charge in [0.05, 0.1) is 11.6 Å². The van der Waals surface area contributed by atoms with Crippen molar-refractivity contribution in [2.45, 2.75) is 30.4 Å². The number of rotatable bonds is 1. The van der Waals surface area contributed by atoms with Crippen LogP contribution >= 0.6 is 11.8 Å². The van der Waals surface area contributed by atoms with Gasteiger partial charge in [0, 0.05) is 10.3 Å². The van der Waals surface area contributed by atoms with Crippen molar-refractivity contribution in [3.05, 3.63) is 35.9 Å². The molecular weight excluding hydrogens is 202 g/mol. The summed E-state index contributed by atoms with van der Waals surface area (Å²) in [4.78, 5) is 4.72. The van der Waals surface area contributed by atoms with Gasteiger partial charge in [-0.25, -0.2) is 0 Å². The molecule has 3 rings (SSSR count). The van der Waals surface area contributed by atoms with E-state index in [4.69, 9.17) is 4.99 Å². The van der Waals surface area contributed by atoms with Crippen molar-refractivity contribution in [2.75, 3.05) is 6.54 Å². The highest BCUT2D eigenvalue weighted by Crippen LogP contribution is 2.46. The minimum Gasteiger partial charge on any atom is -0.276 e. The fourth-order valence-electron chi connectivity index (χ4n) is 2.50. The molecule has 0 saturated heterocycles. The summed E-state index contributed by atoms with van der Waals surface area (Å²) in [5, 5.41) is 1.26. The molecule has 1 spiro atoms. The van der Waals surface area contributed by atoms with Crippen molar-refractivity contribution in [2.24, 2.45) is 4.99 Å². The third kappa shape index (κ3) is 1.71. The molecule has 0 amide bonds. The summed E-state index contributed by atoms with van der Waals surface area (Å²) >= 11 is 2.02. The van der Waals surface area contributed by atoms with Gasteiger partial charge in [-0.05, 0) is 12.8 Å². The van der Waals surface area contributed by atoms with E-state index in [0.717, 1.165) is 6.54 Å². The van der Waals surface area contributed by atoms with Crippen LogP contribution in [-0.2, 0) is 0 Å². The number of thioether (sulfide) groups is 1. The number of benzene rings is 1. The van der Waals surface area contributed by atoms with Crippen LogP contribution in [0.3, 0.4) is 0 Å². The van der Waals surface area contributed by atoms with Crippen molar-refractivity contribution >= 4 is 16.8 Å². The Morgan fingerprint density at radius 1 is 1.07 bits per heavy atom. The van der Waals surface area contributed by atoms with Gasteiger partial charge >= 0.3 is 0 Å². The SMILES string of the molecule is c1ccc(C2=NCC3(CCCC3)S2)cc1. The van der Waals surface area contributed by atoms with E-state index in [1.165, 1.54) is 36.3 Å². The lowest BCUT2D eigenvalue weighted by Gasteiger charge is -2.19. The van der Waals surface area contributed by atoms with Gasteiger partial charge in [-0.3, -0.25) is 4.99 Å². The third-order valence-corrected chi connectivity index (χ3v) is 4.89. The van der Waals surface area contributed by atoms with Gasteiger partial charge < -0.3 is 0 Å². The lowest BCUT2D eigenvalue weighted by molar-refractivity contribution is 0.633. The van der Waals surface area contributed by atoms with Crippen LogP contribution in [-0.4, -0.2) is 16.3 Å². The molecule has 2 heteroatoms. The van der Waals surface area contributed by atoms with Crippen LogP contribution < -0.4 is 0 Å². The first-order chi connectivity index (χ1) is 7.38. The van der Waals surface area contributed by atoms with Crippen molar-refractivity contribution in [1.29, 1.82) is 0 Å². The Labute approximate surface area is 95.0 Å². The number of nitrogens with zero attached hydrogens (tertiary/aromatic N) is 1. The topological polar surface area (TPSA) is 12.4 Å². The van der Waals surface area contributed by atoms with E-state index in [9.17, 15) is 0 Å². The molecule has 0 bridgehead atoms. The molecule has 0 atom stereocenters. The van der Waals surface area contributed by atoms with Crippen LogP contribution in [0, 0.1) is 0 Å². The minimum absolute atomic E-state index is 0.477. The molecule has 1 aromatic rings. The van der Waals surface area contributed by atoms with Gasteiger partial charge in [-0.15, -0.1) is 0 Å². The Morgan fingerprint density at radius 2 is 1.80 bits per heavy atom. The smallest absolute Gasteiger partial charge is 0.0983 e. The number of hydrogen-bond donors (Lipinski definition) is 0. The predicted molar refractivity (Wildman–Crippen MR) is 66.6 cm³/mol. The summed E-state index contributed by atoms with van der Waals surface area (Å²) < 4.78 is 0.477. The lowest BCUT2D eigenvalue weighted by atomic mass is 10.1. The molecule has 0 aromatic heterocycles. The molecule has 0 N–H and O–H groups in total. The summed E-state index contributed by atoms with van der Waals surface area (Å²) in [6.45, 7) is 1.04. The zero-order valence-corrected chi connectivity index (χ0v) is 9.59. The highest BCUT2D eigenvalue weighted by molar-refractivity contribution is 8.15.